The summed E-state index contributed by atoms with van der Waals surface area (Å²) in [5, 5.41) is 18.1. The molecule has 1 aliphatic heterocycles. The number of halogens is 4. The third-order valence-corrected chi connectivity index (χ3v) is 8.66. The molecule has 4 atom stereocenters. The van der Waals surface area contributed by atoms with Gasteiger partial charge in [0.2, 0.25) is 15.6 Å². The number of aliphatic hydroxyl groups excluding tert-OH is 1. The third-order valence-electron chi connectivity index (χ3n) is 8.02. The van der Waals surface area contributed by atoms with Crippen LogP contribution in [0.2, 0.25) is 5.02 Å². The normalized spacial score (nSPS) is 17.7. The number of hydrogen-bond donors (Lipinski definition) is 4. The van der Waals surface area contributed by atoms with E-state index in [0.29, 0.717) is 35.6 Å². The number of nitrogens with one attached hydrogen (secondary N) is 3. The Morgan fingerprint density at radius 2 is 1.81 bits per heavy atom. The minimum Gasteiger partial charge on any atom is -0.460 e. The summed E-state index contributed by atoms with van der Waals surface area (Å²) in [4.78, 5) is 57.1. The SMILES string of the molecule is Cc1c(/C=C/C(C)(C)C(=O)N[C@H](C(=O)N[C@@H](C)C(=O)N2CCC[C@@H](C(=O)OCC(Cl)(Cl)Cl)N2)C(C)C)ccc2c(Cl)cc([C@@H](C)O)nc12. The predicted molar refractivity (Wildman–Crippen MR) is 188 cm³/mol. The topological polar surface area (TPSA) is 150 Å². The van der Waals surface area contributed by atoms with Crippen LogP contribution in [0.3, 0.4) is 0 Å². The van der Waals surface area contributed by atoms with Crippen molar-refractivity contribution < 1.29 is 29.0 Å². The van der Waals surface area contributed by atoms with Crippen molar-refractivity contribution in [2.24, 2.45) is 11.3 Å². The highest BCUT2D eigenvalue weighted by Crippen LogP contribution is 2.31. The fourth-order valence-electron chi connectivity index (χ4n) is 5.02. The second-order valence-electron chi connectivity index (χ2n) is 12.9. The first-order chi connectivity index (χ1) is 22.2. The first-order valence-corrected chi connectivity index (χ1v) is 17.1. The Balaban J connectivity index is 1.67. The summed E-state index contributed by atoms with van der Waals surface area (Å²) in [6.45, 7) is 11.9. The number of fused-ring (bicyclic) bond motifs is 1. The monoisotopic (exact) mass is 745 g/mol. The van der Waals surface area contributed by atoms with Crippen LogP contribution in [0.4, 0.5) is 0 Å². The number of carbonyl (C=O) groups is 4. The molecule has 0 saturated carbocycles. The van der Waals surface area contributed by atoms with Crippen LogP contribution in [0, 0.1) is 18.3 Å². The van der Waals surface area contributed by atoms with Gasteiger partial charge in [0, 0.05) is 11.9 Å². The number of ether oxygens (including phenoxy) is 1. The van der Waals surface area contributed by atoms with Crippen LogP contribution in [0.5, 0.6) is 0 Å². The van der Waals surface area contributed by atoms with E-state index in [1.807, 2.05) is 25.1 Å². The lowest BCUT2D eigenvalue weighted by molar-refractivity contribution is -0.152. The Hall–Kier alpha value is -2.67. The molecule has 1 aromatic carbocycles. The first-order valence-electron chi connectivity index (χ1n) is 15.6. The number of aromatic nitrogens is 1. The number of benzene rings is 1. The van der Waals surface area contributed by atoms with Crippen molar-refractivity contribution >= 4 is 87.1 Å². The van der Waals surface area contributed by atoms with Gasteiger partial charge in [-0.05, 0) is 70.6 Å². The first kappa shape index (κ1) is 39.8. The number of aryl methyl sites for hydroxylation is 1. The molecule has 0 radical (unpaired) electrons. The van der Waals surface area contributed by atoms with E-state index >= 15 is 0 Å². The molecule has 1 saturated heterocycles. The van der Waals surface area contributed by atoms with Crippen LogP contribution >= 0.6 is 46.4 Å². The molecule has 48 heavy (non-hydrogen) atoms. The van der Waals surface area contributed by atoms with Gasteiger partial charge in [-0.25, -0.2) is 10.4 Å². The van der Waals surface area contributed by atoms with E-state index in [4.69, 9.17) is 51.1 Å². The zero-order valence-corrected chi connectivity index (χ0v) is 31.0. The Bertz CT molecular complexity index is 1560. The molecule has 2 aromatic rings. The highest BCUT2D eigenvalue weighted by molar-refractivity contribution is 6.67. The number of hydrogen-bond acceptors (Lipinski definition) is 8. The van der Waals surface area contributed by atoms with Crippen molar-refractivity contribution in [3.63, 3.8) is 0 Å². The van der Waals surface area contributed by atoms with Crippen LogP contribution in [-0.4, -0.2) is 73.9 Å². The minimum atomic E-state index is -1.76. The third kappa shape index (κ3) is 10.4. The van der Waals surface area contributed by atoms with Gasteiger partial charge in [0.1, 0.15) is 24.7 Å². The van der Waals surface area contributed by atoms with E-state index in [-0.39, 0.29) is 5.92 Å². The van der Waals surface area contributed by atoms with E-state index in [1.54, 1.807) is 46.8 Å². The Labute approximate surface area is 301 Å². The van der Waals surface area contributed by atoms with E-state index in [9.17, 15) is 24.3 Å². The average molecular weight is 748 g/mol. The summed E-state index contributed by atoms with van der Waals surface area (Å²) in [7, 11) is 0. The molecule has 0 unspecified atom stereocenters. The molecular formula is C33H43Cl4N5O6. The second-order valence-corrected chi connectivity index (χ2v) is 15.8. The number of aliphatic hydroxyl groups is 1. The maximum Gasteiger partial charge on any atom is 0.325 e. The molecule has 3 amide bonds. The Morgan fingerprint density at radius 1 is 1.15 bits per heavy atom. The summed E-state index contributed by atoms with van der Waals surface area (Å²) in [6.07, 6.45) is 3.69. The smallest absolute Gasteiger partial charge is 0.325 e. The van der Waals surface area contributed by atoms with Gasteiger partial charge in [-0.3, -0.25) is 24.2 Å². The van der Waals surface area contributed by atoms with Crippen LogP contribution in [0.15, 0.2) is 24.3 Å². The molecule has 1 aliphatic rings. The fourth-order valence-corrected chi connectivity index (χ4v) is 5.45. The van der Waals surface area contributed by atoms with Crippen molar-refractivity contribution in [1.82, 2.24) is 26.1 Å². The molecule has 11 nitrogen and oxygen atoms in total. The lowest BCUT2D eigenvalue weighted by Gasteiger charge is -2.35. The van der Waals surface area contributed by atoms with Gasteiger partial charge in [-0.2, -0.15) is 0 Å². The zero-order valence-electron chi connectivity index (χ0n) is 28.0. The summed E-state index contributed by atoms with van der Waals surface area (Å²) in [5.74, 6) is -2.37. The number of carbonyl (C=O) groups excluding carboxylic acids is 4. The quantitative estimate of drug-likeness (QED) is 0.178. The van der Waals surface area contributed by atoms with Gasteiger partial charge >= 0.3 is 5.97 Å². The molecule has 15 heteroatoms. The van der Waals surface area contributed by atoms with Crippen LogP contribution in [0.25, 0.3) is 17.0 Å². The maximum absolute atomic E-state index is 13.5. The summed E-state index contributed by atoms with van der Waals surface area (Å²) in [6, 6.07) is 2.63. The lowest BCUT2D eigenvalue weighted by Crippen LogP contribution is -2.61. The van der Waals surface area contributed by atoms with E-state index < -0.39 is 63.7 Å². The molecule has 1 aromatic heterocycles. The van der Waals surface area contributed by atoms with E-state index in [0.717, 1.165) is 16.5 Å². The molecule has 4 N–H and O–H groups in total. The van der Waals surface area contributed by atoms with Crippen molar-refractivity contribution in [3.8, 4) is 0 Å². The Morgan fingerprint density at radius 3 is 2.42 bits per heavy atom. The van der Waals surface area contributed by atoms with Gasteiger partial charge in [-0.15, -0.1) is 0 Å². The number of nitrogens with zero attached hydrogens (tertiary/aromatic N) is 2. The molecule has 264 valence electrons. The molecular weight excluding hydrogens is 704 g/mol. The number of rotatable bonds is 11. The largest absolute Gasteiger partial charge is 0.460 e. The summed E-state index contributed by atoms with van der Waals surface area (Å²) in [5.41, 5.74) is 4.55. The summed E-state index contributed by atoms with van der Waals surface area (Å²) >= 11 is 23.4. The molecule has 3 rings (SSSR count). The molecule has 0 bridgehead atoms. The number of hydrazine groups is 1. The molecule has 0 spiro atoms. The highest BCUT2D eigenvalue weighted by Gasteiger charge is 2.35. The number of esters is 1. The standard InChI is InChI=1S/C33H43Cl4N5O6/c1-17(2)26(28(44)38-19(4)29(45)42-14-8-9-24(41-42)30(46)48-16-33(35,36)37)40-31(47)32(6,7)13-12-21-10-11-22-23(34)15-25(20(5)43)39-27(22)18(21)3/h10-13,15,17,19-20,24,26,41,43H,8-9,14,16H2,1-7H3,(H,38,44)(H,40,47)/b13-12+/t19-,20+,24-,26-/m0/s1. The van der Waals surface area contributed by atoms with Crippen LogP contribution in [-0.2, 0) is 23.9 Å². The van der Waals surface area contributed by atoms with Crippen LogP contribution in [0.1, 0.15) is 77.3 Å². The Kier molecular flexibility index (Phi) is 13.6. The van der Waals surface area contributed by atoms with Crippen LogP contribution < -0.4 is 16.1 Å². The van der Waals surface area contributed by atoms with Crippen molar-refractivity contribution in [3.05, 3.63) is 46.1 Å². The minimum absolute atomic E-state index is 0.303. The highest BCUT2D eigenvalue weighted by atomic mass is 35.6. The second kappa shape index (κ2) is 16.4. The zero-order chi connectivity index (χ0) is 36.1. The van der Waals surface area contributed by atoms with Gasteiger partial charge in [0.25, 0.3) is 5.91 Å². The van der Waals surface area contributed by atoms with Crippen molar-refractivity contribution in [2.75, 3.05) is 13.2 Å². The predicted octanol–water partition coefficient (Wildman–Crippen LogP) is 5.34. The van der Waals surface area contributed by atoms with Crippen molar-refractivity contribution in [2.45, 2.75) is 89.3 Å². The van der Waals surface area contributed by atoms with E-state index in [1.165, 1.54) is 11.9 Å². The van der Waals surface area contributed by atoms with Gasteiger partial charge in [0.05, 0.1) is 27.8 Å². The summed E-state index contributed by atoms with van der Waals surface area (Å²) < 4.78 is 3.27. The number of pyridine rings is 1. The van der Waals surface area contributed by atoms with Gasteiger partial charge in [-0.1, -0.05) is 84.5 Å². The maximum atomic E-state index is 13.5. The number of alkyl halides is 3. The molecule has 1 fully saturated rings. The van der Waals surface area contributed by atoms with Gasteiger partial charge in [0.15, 0.2) is 0 Å². The van der Waals surface area contributed by atoms with Crippen molar-refractivity contribution in [1.29, 1.82) is 0 Å². The van der Waals surface area contributed by atoms with Gasteiger partial charge < -0.3 is 20.5 Å². The number of amides is 3. The lowest BCUT2D eigenvalue weighted by atomic mass is 9.89. The van der Waals surface area contributed by atoms with E-state index in [2.05, 4.69) is 21.0 Å². The molecule has 2 heterocycles. The molecule has 0 aliphatic carbocycles. The fraction of sp³-hybridized carbons (Fsp3) is 0.545. The average Bonchev–Trinajstić information content (AvgIpc) is 3.01.